The lowest BCUT2D eigenvalue weighted by Crippen LogP contribution is -2.41. The fourth-order valence-corrected chi connectivity index (χ4v) is 3.97. The monoisotopic (exact) mass is 380 g/mol. The number of nitrogens with zero attached hydrogens (tertiary/aromatic N) is 2. The Morgan fingerprint density at radius 3 is 2.73 bits per heavy atom. The van der Waals surface area contributed by atoms with Gasteiger partial charge in [-0.1, -0.05) is 12.1 Å². The Hall–Kier alpha value is -2.52. The maximum absolute atomic E-state index is 12.8. The van der Waals surface area contributed by atoms with Crippen molar-refractivity contribution in [1.29, 1.82) is 0 Å². The van der Waals surface area contributed by atoms with Gasteiger partial charge in [0.15, 0.2) is 11.5 Å². The number of ether oxygens (including phenoxy) is 3. The molecule has 1 aromatic carbocycles. The van der Waals surface area contributed by atoms with E-state index in [-0.39, 0.29) is 23.7 Å². The molecule has 8 nitrogen and oxygen atoms in total. The van der Waals surface area contributed by atoms with Gasteiger partial charge in [0.2, 0.25) is 10.0 Å². The lowest BCUT2D eigenvalue weighted by atomic mass is 10.2. The molecule has 140 valence electrons. The van der Waals surface area contributed by atoms with E-state index in [9.17, 15) is 13.2 Å². The molecule has 0 fully saturated rings. The van der Waals surface area contributed by atoms with Crippen LogP contribution in [0.3, 0.4) is 0 Å². The zero-order valence-electron chi connectivity index (χ0n) is 14.7. The van der Waals surface area contributed by atoms with Crippen LogP contribution in [0.4, 0.5) is 0 Å². The summed E-state index contributed by atoms with van der Waals surface area (Å²) in [7, 11) is 0.500. The second-order valence-corrected chi connectivity index (χ2v) is 7.99. The summed E-state index contributed by atoms with van der Waals surface area (Å²) in [5.41, 5.74) is 0.158. The zero-order valence-corrected chi connectivity index (χ0v) is 15.5. The Morgan fingerprint density at radius 1 is 1.35 bits per heavy atom. The molecule has 1 aliphatic heterocycles. The number of likely N-dealkylation sites (N-methyl/N-ethyl adjacent to an activating group) is 1. The number of rotatable bonds is 5. The van der Waals surface area contributed by atoms with Crippen LogP contribution < -0.4 is 9.47 Å². The smallest absolute Gasteiger partial charge is 0.354 e. The van der Waals surface area contributed by atoms with Gasteiger partial charge in [0.25, 0.3) is 0 Å². The maximum atomic E-state index is 12.8. The van der Waals surface area contributed by atoms with Gasteiger partial charge in [-0.05, 0) is 18.2 Å². The van der Waals surface area contributed by atoms with Crippen molar-refractivity contribution in [2.45, 2.75) is 11.0 Å². The van der Waals surface area contributed by atoms with Crippen molar-refractivity contribution in [3.05, 3.63) is 42.2 Å². The van der Waals surface area contributed by atoms with Gasteiger partial charge in [0.05, 0.1) is 13.7 Å². The molecule has 0 saturated heterocycles. The van der Waals surface area contributed by atoms with Crippen LogP contribution in [0.15, 0.2) is 41.4 Å². The van der Waals surface area contributed by atoms with Crippen molar-refractivity contribution < 1.29 is 27.4 Å². The molecule has 2 heterocycles. The highest BCUT2D eigenvalue weighted by Crippen LogP contribution is 2.31. The molecule has 0 amide bonds. The second kappa shape index (κ2) is 7.00. The first-order valence-electron chi connectivity index (χ1n) is 7.92. The van der Waals surface area contributed by atoms with Crippen LogP contribution in [0.5, 0.6) is 11.5 Å². The Kier molecular flexibility index (Phi) is 4.92. The third-order valence-electron chi connectivity index (χ3n) is 4.11. The fraction of sp³-hybridized carbons (Fsp3) is 0.353. The van der Waals surface area contributed by atoms with Gasteiger partial charge in [-0.3, -0.25) is 0 Å². The highest BCUT2D eigenvalue weighted by Gasteiger charge is 2.29. The quantitative estimate of drug-likeness (QED) is 0.726. The van der Waals surface area contributed by atoms with Gasteiger partial charge in [-0.15, -0.1) is 0 Å². The third kappa shape index (κ3) is 3.40. The first-order valence-corrected chi connectivity index (χ1v) is 9.36. The van der Waals surface area contributed by atoms with E-state index in [1.807, 2.05) is 12.1 Å². The predicted octanol–water partition coefficient (Wildman–Crippen LogP) is 1.27. The van der Waals surface area contributed by atoms with Gasteiger partial charge in [-0.2, -0.15) is 4.31 Å². The molecule has 9 heteroatoms. The number of esters is 1. The van der Waals surface area contributed by atoms with Crippen LogP contribution in [0.25, 0.3) is 0 Å². The number of benzene rings is 1. The van der Waals surface area contributed by atoms with Crippen molar-refractivity contribution in [2.75, 3.05) is 27.3 Å². The molecule has 0 radical (unpaired) electrons. The minimum Gasteiger partial charge on any atom is -0.486 e. The fourth-order valence-electron chi connectivity index (χ4n) is 2.70. The van der Waals surface area contributed by atoms with E-state index in [0.29, 0.717) is 11.5 Å². The minimum atomic E-state index is -3.79. The number of methoxy groups -OCH3 is 1. The van der Waals surface area contributed by atoms with Crippen molar-refractivity contribution in [1.82, 2.24) is 8.87 Å². The third-order valence-corrected chi connectivity index (χ3v) is 5.90. The topological polar surface area (TPSA) is 87.1 Å². The minimum absolute atomic E-state index is 0.0139. The van der Waals surface area contributed by atoms with Crippen molar-refractivity contribution in [2.24, 2.45) is 7.05 Å². The zero-order chi connectivity index (χ0) is 18.9. The molecular weight excluding hydrogens is 360 g/mol. The van der Waals surface area contributed by atoms with Crippen molar-refractivity contribution >= 4 is 16.0 Å². The van der Waals surface area contributed by atoms with E-state index in [0.717, 1.165) is 0 Å². The summed E-state index contributed by atoms with van der Waals surface area (Å²) in [6.45, 7) is 0.359. The highest BCUT2D eigenvalue weighted by molar-refractivity contribution is 7.89. The van der Waals surface area contributed by atoms with Gasteiger partial charge >= 0.3 is 5.97 Å². The van der Waals surface area contributed by atoms with E-state index in [2.05, 4.69) is 4.74 Å². The Morgan fingerprint density at radius 2 is 2.04 bits per heavy atom. The molecular formula is C17H20N2O6S. The number of hydrogen-bond acceptors (Lipinski definition) is 6. The number of carbonyl (C=O) groups excluding carboxylic acids is 1. The summed E-state index contributed by atoms with van der Waals surface area (Å²) in [5, 5.41) is 0. The van der Waals surface area contributed by atoms with Crippen LogP contribution in [0.2, 0.25) is 0 Å². The molecule has 1 unspecified atom stereocenters. The number of hydrogen-bond donors (Lipinski definition) is 0. The molecule has 2 aromatic rings. The van der Waals surface area contributed by atoms with Crippen LogP contribution in [-0.2, 0) is 21.8 Å². The van der Waals surface area contributed by atoms with Gasteiger partial charge in [0, 0.05) is 20.3 Å². The van der Waals surface area contributed by atoms with E-state index in [4.69, 9.17) is 9.47 Å². The highest BCUT2D eigenvalue weighted by atomic mass is 32.2. The lowest BCUT2D eigenvalue weighted by molar-refractivity contribution is 0.0590. The maximum Gasteiger partial charge on any atom is 0.354 e. The Bertz CT molecular complexity index is 921. The van der Waals surface area contributed by atoms with Gasteiger partial charge < -0.3 is 18.8 Å². The molecule has 0 saturated carbocycles. The number of aryl methyl sites for hydroxylation is 1. The van der Waals surface area contributed by atoms with Gasteiger partial charge in [0.1, 0.15) is 23.3 Å². The van der Waals surface area contributed by atoms with E-state index in [1.165, 1.54) is 35.3 Å². The summed E-state index contributed by atoms with van der Waals surface area (Å²) in [5.74, 6) is 0.625. The average Bonchev–Trinajstić information content (AvgIpc) is 3.03. The number of para-hydroxylation sites is 2. The number of fused-ring (bicyclic) bond motifs is 1. The molecule has 1 atom stereocenters. The molecule has 1 aliphatic rings. The van der Waals surface area contributed by atoms with E-state index in [1.54, 1.807) is 19.2 Å². The van der Waals surface area contributed by atoms with Crippen molar-refractivity contribution in [3.8, 4) is 11.5 Å². The summed E-state index contributed by atoms with van der Waals surface area (Å²) in [4.78, 5) is 11.7. The van der Waals surface area contributed by atoms with Crippen molar-refractivity contribution in [3.63, 3.8) is 0 Å². The standard InChI is InChI=1S/C17H20N2O6S/c1-18-10-13(8-14(18)17(20)23-3)26(21,22)19(2)9-12-11-24-15-6-4-5-7-16(15)25-12/h4-8,10,12H,9,11H2,1-3H3. The predicted molar refractivity (Wildman–Crippen MR) is 92.9 cm³/mol. The van der Waals surface area contributed by atoms with Crippen LogP contribution in [0.1, 0.15) is 10.5 Å². The van der Waals surface area contributed by atoms with Crippen LogP contribution in [-0.4, -0.2) is 56.7 Å². The molecule has 0 N–H and O–H groups in total. The van der Waals surface area contributed by atoms with Gasteiger partial charge in [-0.25, -0.2) is 13.2 Å². The molecule has 0 bridgehead atoms. The number of carbonyl (C=O) groups is 1. The summed E-state index contributed by atoms with van der Waals surface area (Å²) < 4.78 is 44.3. The second-order valence-electron chi connectivity index (χ2n) is 5.95. The first-order chi connectivity index (χ1) is 12.3. The summed E-state index contributed by atoms with van der Waals surface area (Å²) in [6, 6.07) is 8.53. The molecule has 26 heavy (non-hydrogen) atoms. The summed E-state index contributed by atoms with van der Waals surface area (Å²) in [6.07, 6.45) is 0.944. The molecule has 1 aromatic heterocycles. The number of sulfonamides is 1. The van der Waals surface area contributed by atoms with Crippen LogP contribution >= 0.6 is 0 Å². The lowest BCUT2D eigenvalue weighted by Gasteiger charge is -2.29. The molecule has 0 aliphatic carbocycles. The molecule has 0 spiro atoms. The van der Waals surface area contributed by atoms with Crippen LogP contribution in [0, 0.1) is 0 Å². The SMILES string of the molecule is COC(=O)c1cc(S(=O)(=O)N(C)CC2COc3ccccc3O2)cn1C. The van der Waals surface area contributed by atoms with E-state index >= 15 is 0 Å². The average molecular weight is 380 g/mol. The molecule has 3 rings (SSSR count). The Balaban J connectivity index is 1.75. The summed E-state index contributed by atoms with van der Waals surface area (Å²) >= 11 is 0. The van der Waals surface area contributed by atoms with E-state index < -0.39 is 22.1 Å². The normalized spacial score (nSPS) is 16.5. The Labute approximate surface area is 151 Å². The number of aromatic nitrogens is 1. The first kappa shape index (κ1) is 18.3. The largest absolute Gasteiger partial charge is 0.486 e.